The van der Waals surface area contributed by atoms with E-state index >= 15 is 0 Å². The summed E-state index contributed by atoms with van der Waals surface area (Å²) in [7, 11) is 1.87. The van der Waals surface area contributed by atoms with Gasteiger partial charge in [-0.25, -0.2) is 4.98 Å². The first-order valence-corrected chi connectivity index (χ1v) is 8.09. The number of amides is 1. The highest BCUT2D eigenvalue weighted by Gasteiger charge is 2.25. The van der Waals surface area contributed by atoms with Gasteiger partial charge in [-0.1, -0.05) is 19.8 Å². The largest absolute Gasteiger partial charge is 0.349 e. The Morgan fingerprint density at radius 3 is 2.77 bits per heavy atom. The number of fused-ring (bicyclic) bond motifs is 1. The van der Waals surface area contributed by atoms with Crippen LogP contribution < -0.4 is 5.32 Å². The first-order chi connectivity index (χ1) is 10.5. The van der Waals surface area contributed by atoms with Gasteiger partial charge in [0.2, 0.25) is 0 Å². The van der Waals surface area contributed by atoms with E-state index in [0.717, 1.165) is 28.8 Å². The SMILES string of the molecule is Cc1cc(C(=O)NC2CCCCC2C)c2c(C)nn(C)c2n1. The maximum Gasteiger partial charge on any atom is 0.252 e. The van der Waals surface area contributed by atoms with E-state index in [1.54, 1.807) is 4.68 Å². The van der Waals surface area contributed by atoms with Crippen molar-refractivity contribution in [1.29, 1.82) is 0 Å². The third kappa shape index (κ3) is 2.60. The van der Waals surface area contributed by atoms with Crippen LogP contribution in [0.2, 0.25) is 0 Å². The van der Waals surface area contributed by atoms with Gasteiger partial charge in [-0.3, -0.25) is 9.48 Å². The molecule has 0 aliphatic heterocycles. The number of hydrogen-bond donors (Lipinski definition) is 1. The Balaban J connectivity index is 1.96. The van der Waals surface area contributed by atoms with Gasteiger partial charge < -0.3 is 5.32 Å². The molecule has 1 saturated carbocycles. The van der Waals surface area contributed by atoms with Crippen molar-refractivity contribution in [3.8, 4) is 0 Å². The summed E-state index contributed by atoms with van der Waals surface area (Å²) in [5, 5.41) is 8.52. The number of pyridine rings is 1. The number of nitrogens with one attached hydrogen (secondary N) is 1. The molecule has 0 spiro atoms. The van der Waals surface area contributed by atoms with Gasteiger partial charge in [0.05, 0.1) is 16.6 Å². The molecule has 2 aromatic heterocycles. The minimum absolute atomic E-state index is 0.00495. The smallest absolute Gasteiger partial charge is 0.252 e. The molecule has 1 aliphatic carbocycles. The minimum Gasteiger partial charge on any atom is -0.349 e. The lowest BCUT2D eigenvalue weighted by Gasteiger charge is -2.29. The summed E-state index contributed by atoms with van der Waals surface area (Å²) in [6, 6.07) is 2.15. The zero-order valence-electron chi connectivity index (χ0n) is 13.8. The van der Waals surface area contributed by atoms with Gasteiger partial charge in [-0.15, -0.1) is 0 Å². The summed E-state index contributed by atoms with van der Waals surface area (Å²) in [5.41, 5.74) is 3.18. The Morgan fingerprint density at radius 2 is 2.05 bits per heavy atom. The number of carbonyl (C=O) groups excluding carboxylic acids is 1. The van der Waals surface area contributed by atoms with Crippen LogP contribution in [0, 0.1) is 19.8 Å². The zero-order valence-corrected chi connectivity index (χ0v) is 13.8. The second kappa shape index (κ2) is 5.71. The van der Waals surface area contributed by atoms with Gasteiger partial charge >= 0.3 is 0 Å². The van der Waals surface area contributed by atoms with Crippen LogP contribution in [0.4, 0.5) is 0 Å². The predicted molar refractivity (Wildman–Crippen MR) is 86.9 cm³/mol. The molecule has 2 unspecified atom stereocenters. The highest BCUT2D eigenvalue weighted by Crippen LogP contribution is 2.26. The molecule has 0 bridgehead atoms. The molecule has 2 atom stereocenters. The van der Waals surface area contributed by atoms with E-state index in [-0.39, 0.29) is 11.9 Å². The van der Waals surface area contributed by atoms with E-state index < -0.39 is 0 Å². The lowest BCUT2D eigenvalue weighted by Crippen LogP contribution is -2.41. The molecule has 2 aromatic rings. The molecular formula is C17H24N4O. The first kappa shape index (κ1) is 15.0. The maximum atomic E-state index is 12.8. The molecule has 1 N–H and O–H groups in total. The number of aromatic nitrogens is 3. The van der Waals surface area contributed by atoms with Crippen molar-refractivity contribution in [2.45, 2.75) is 52.5 Å². The summed E-state index contributed by atoms with van der Waals surface area (Å²) in [5.74, 6) is 0.552. The number of aryl methyl sites for hydroxylation is 3. The fourth-order valence-corrected chi connectivity index (χ4v) is 3.53. The Bertz CT molecular complexity index is 719. The fraction of sp³-hybridized carbons (Fsp3) is 0.588. The average Bonchev–Trinajstić information content (AvgIpc) is 2.75. The van der Waals surface area contributed by atoms with Gasteiger partial charge in [0.15, 0.2) is 5.65 Å². The molecule has 118 valence electrons. The minimum atomic E-state index is 0.00495. The van der Waals surface area contributed by atoms with E-state index in [9.17, 15) is 4.79 Å². The fourth-order valence-electron chi connectivity index (χ4n) is 3.53. The van der Waals surface area contributed by atoms with Gasteiger partial charge in [0.25, 0.3) is 5.91 Å². The standard InChI is InChI=1S/C17H24N4O/c1-10-7-5-6-8-14(10)19-17(22)13-9-11(2)18-16-15(13)12(3)20-21(16)4/h9-10,14H,5-8H2,1-4H3,(H,19,22). The van der Waals surface area contributed by atoms with Crippen LogP contribution in [0.1, 0.15) is 54.4 Å². The molecule has 5 heteroatoms. The molecule has 0 radical (unpaired) electrons. The zero-order chi connectivity index (χ0) is 15.9. The number of carbonyl (C=O) groups is 1. The van der Waals surface area contributed by atoms with Crippen LogP contribution >= 0.6 is 0 Å². The van der Waals surface area contributed by atoms with E-state index in [2.05, 4.69) is 22.3 Å². The second-order valence-electron chi connectivity index (χ2n) is 6.56. The van der Waals surface area contributed by atoms with Crippen LogP contribution in [0.5, 0.6) is 0 Å². The van der Waals surface area contributed by atoms with Crippen LogP contribution in [0.15, 0.2) is 6.07 Å². The first-order valence-electron chi connectivity index (χ1n) is 8.09. The molecule has 3 rings (SSSR count). The Hall–Kier alpha value is -1.91. The molecule has 0 aromatic carbocycles. The second-order valence-corrected chi connectivity index (χ2v) is 6.56. The molecule has 1 aliphatic rings. The monoisotopic (exact) mass is 300 g/mol. The van der Waals surface area contributed by atoms with Crippen molar-refractivity contribution in [2.75, 3.05) is 0 Å². The summed E-state index contributed by atoms with van der Waals surface area (Å²) in [6.45, 7) is 6.08. The summed E-state index contributed by atoms with van der Waals surface area (Å²) < 4.78 is 1.75. The summed E-state index contributed by atoms with van der Waals surface area (Å²) >= 11 is 0. The van der Waals surface area contributed by atoms with E-state index in [4.69, 9.17) is 0 Å². The van der Waals surface area contributed by atoms with Crippen molar-refractivity contribution in [3.05, 3.63) is 23.0 Å². The van der Waals surface area contributed by atoms with Crippen LogP contribution in [0.25, 0.3) is 11.0 Å². The summed E-state index contributed by atoms with van der Waals surface area (Å²) in [4.78, 5) is 17.3. The summed E-state index contributed by atoms with van der Waals surface area (Å²) in [6.07, 6.45) is 4.74. The van der Waals surface area contributed by atoms with E-state index in [0.29, 0.717) is 11.5 Å². The third-order valence-corrected chi connectivity index (χ3v) is 4.77. The van der Waals surface area contributed by atoms with Crippen molar-refractivity contribution in [1.82, 2.24) is 20.1 Å². The van der Waals surface area contributed by atoms with E-state index in [1.165, 1.54) is 19.3 Å². The van der Waals surface area contributed by atoms with Gasteiger partial charge in [-0.2, -0.15) is 5.10 Å². The topological polar surface area (TPSA) is 59.8 Å². The van der Waals surface area contributed by atoms with Crippen LogP contribution in [0.3, 0.4) is 0 Å². The quantitative estimate of drug-likeness (QED) is 0.927. The van der Waals surface area contributed by atoms with Crippen molar-refractivity contribution in [3.63, 3.8) is 0 Å². The molecule has 0 saturated heterocycles. The van der Waals surface area contributed by atoms with Gasteiger partial charge in [-0.05, 0) is 38.7 Å². The van der Waals surface area contributed by atoms with Crippen LogP contribution in [-0.4, -0.2) is 26.7 Å². The third-order valence-electron chi connectivity index (χ3n) is 4.77. The van der Waals surface area contributed by atoms with Gasteiger partial charge in [0, 0.05) is 18.8 Å². The van der Waals surface area contributed by atoms with Crippen molar-refractivity contribution < 1.29 is 4.79 Å². The molecular weight excluding hydrogens is 276 g/mol. The molecule has 1 fully saturated rings. The maximum absolute atomic E-state index is 12.8. The predicted octanol–water partition coefficient (Wildman–Crippen LogP) is 2.89. The van der Waals surface area contributed by atoms with Gasteiger partial charge in [0.1, 0.15) is 0 Å². The molecule has 2 heterocycles. The van der Waals surface area contributed by atoms with Crippen molar-refractivity contribution >= 4 is 16.9 Å². The highest BCUT2D eigenvalue weighted by atomic mass is 16.1. The normalized spacial score (nSPS) is 22.0. The Morgan fingerprint density at radius 1 is 1.32 bits per heavy atom. The average molecular weight is 300 g/mol. The van der Waals surface area contributed by atoms with E-state index in [1.807, 2.05) is 27.0 Å². The number of rotatable bonds is 2. The molecule has 22 heavy (non-hydrogen) atoms. The number of hydrogen-bond acceptors (Lipinski definition) is 3. The lowest BCUT2D eigenvalue weighted by molar-refractivity contribution is 0.0912. The highest BCUT2D eigenvalue weighted by molar-refractivity contribution is 6.06. The Labute approximate surface area is 131 Å². The number of nitrogens with zero attached hydrogens (tertiary/aromatic N) is 3. The molecule has 5 nitrogen and oxygen atoms in total. The lowest BCUT2D eigenvalue weighted by atomic mass is 9.86. The van der Waals surface area contributed by atoms with Crippen molar-refractivity contribution in [2.24, 2.45) is 13.0 Å². The van der Waals surface area contributed by atoms with Crippen LogP contribution in [-0.2, 0) is 7.05 Å². The molecule has 1 amide bonds. The Kier molecular flexibility index (Phi) is 3.89.